The fraction of sp³-hybridized carbons (Fsp3) is 0.514. The third-order valence-corrected chi connectivity index (χ3v) is 13.7. The van der Waals surface area contributed by atoms with Gasteiger partial charge in [-0.15, -0.1) is 11.3 Å². The molecule has 1 spiro atoms. The van der Waals surface area contributed by atoms with E-state index in [4.69, 9.17) is 27.1 Å². The number of halogens is 4. The van der Waals surface area contributed by atoms with Crippen LogP contribution < -0.4 is 20.7 Å². The van der Waals surface area contributed by atoms with Crippen molar-refractivity contribution in [2.24, 2.45) is 11.3 Å². The van der Waals surface area contributed by atoms with Crippen molar-refractivity contribution < 1.29 is 22.7 Å². The van der Waals surface area contributed by atoms with Crippen LogP contribution in [0.3, 0.4) is 0 Å². The summed E-state index contributed by atoms with van der Waals surface area (Å²) in [7, 11) is 0. The second kappa shape index (κ2) is 11.5. The van der Waals surface area contributed by atoms with Gasteiger partial charge in [0.2, 0.25) is 5.91 Å². The molecule has 5 aliphatic heterocycles. The van der Waals surface area contributed by atoms with E-state index in [1.807, 2.05) is 11.0 Å². The van der Waals surface area contributed by atoms with Crippen molar-refractivity contribution in [2.75, 3.05) is 56.5 Å². The number of likely N-dealkylation sites (tertiary alicyclic amines) is 1. The number of aromatic nitrogens is 2. The molecule has 52 heavy (non-hydrogen) atoms. The van der Waals surface area contributed by atoms with Gasteiger partial charge in [0.05, 0.1) is 20.8 Å². The lowest BCUT2D eigenvalue weighted by molar-refractivity contribution is -0.141. The highest BCUT2D eigenvalue weighted by molar-refractivity contribution is 7.23. The highest BCUT2D eigenvalue weighted by Gasteiger charge is 2.57. The molecule has 10 nitrogen and oxygen atoms in total. The number of nitrogens with one attached hydrogen (secondary N) is 1. The number of hydrogen-bond donors (Lipinski definition) is 2. The van der Waals surface area contributed by atoms with Crippen LogP contribution in [0.25, 0.3) is 32.1 Å². The lowest BCUT2D eigenvalue weighted by atomic mass is 9.79. The van der Waals surface area contributed by atoms with Crippen LogP contribution in [-0.4, -0.2) is 95.3 Å². The van der Waals surface area contributed by atoms with Gasteiger partial charge in [-0.1, -0.05) is 17.7 Å². The number of thiophene rings is 1. The molecule has 0 bridgehead atoms. The van der Waals surface area contributed by atoms with E-state index in [9.17, 15) is 18.8 Å². The Balaban J connectivity index is 1.02. The summed E-state index contributed by atoms with van der Waals surface area (Å²) in [6.07, 6.45) is 4.35. The molecule has 2 aromatic heterocycles. The quantitative estimate of drug-likeness (QED) is 0.231. The van der Waals surface area contributed by atoms with E-state index in [0.29, 0.717) is 62.3 Å². The predicted molar refractivity (Wildman–Crippen MR) is 192 cm³/mol. The van der Waals surface area contributed by atoms with Crippen molar-refractivity contribution in [2.45, 2.75) is 62.3 Å². The molecule has 4 aromatic rings. The fourth-order valence-electron chi connectivity index (χ4n) is 9.60. The molecule has 6 fully saturated rings. The van der Waals surface area contributed by atoms with Gasteiger partial charge in [0.1, 0.15) is 47.0 Å². The number of carbonyl (C=O) groups is 1. The van der Waals surface area contributed by atoms with Crippen LogP contribution in [0.4, 0.5) is 24.0 Å². The molecule has 5 saturated heterocycles. The molecule has 1 aliphatic carbocycles. The molecule has 1 amide bonds. The van der Waals surface area contributed by atoms with Crippen molar-refractivity contribution in [3.63, 3.8) is 0 Å². The van der Waals surface area contributed by atoms with Gasteiger partial charge in [0.25, 0.3) is 0 Å². The van der Waals surface area contributed by atoms with E-state index < -0.39 is 23.3 Å². The second-order valence-corrected chi connectivity index (χ2v) is 17.2. The summed E-state index contributed by atoms with van der Waals surface area (Å²) in [6, 6.07) is 6.50. The summed E-state index contributed by atoms with van der Waals surface area (Å²) < 4.78 is 53.1. The van der Waals surface area contributed by atoms with Crippen LogP contribution in [0.15, 0.2) is 18.2 Å². The summed E-state index contributed by atoms with van der Waals surface area (Å²) in [4.78, 5) is 28.8. The molecule has 270 valence electrons. The SMILES string of the molecule is N#Cc1c(N)sc2c(F)ccc(-c3c(Cl)cc4c(N5CCC6(CN(C(=O)[C@@H]7N[C@H]7C7CC7)C6)C5)nc(OC[C@@]56CCCN5C[C@H](F)C6)nc4c3F)c12. The first-order valence-corrected chi connectivity index (χ1v) is 19.2. The predicted octanol–water partition coefficient (Wildman–Crippen LogP) is 5.64. The number of hydrogen-bond acceptors (Lipinski definition) is 10. The number of rotatable bonds is 7. The number of amides is 1. The number of nitrogens with two attached hydrogens (primary N) is 1. The zero-order chi connectivity index (χ0) is 35.7. The molecule has 0 unspecified atom stereocenters. The molecule has 6 aliphatic rings. The van der Waals surface area contributed by atoms with E-state index in [1.54, 1.807) is 6.07 Å². The Morgan fingerprint density at radius 3 is 2.81 bits per heavy atom. The van der Waals surface area contributed by atoms with Crippen LogP contribution in [0.1, 0.15) is 44.1 Å². The minimum absolute atomic E-state index is 0.0303. The second-order valence-electron chi connectivity index (χ2n) is 15.8. The van der Waals surface area contributed by atoms with E-state index in [-0.39, 0.29) is 72.3 Å². The van der Waals surface area contributed by atoms with Gasteiger partial charge in [-0.2, -0.15) is 15.2 Å². The van der Waals surface area contributed by atoms with Crippen molar-refractivity contribution in [3.05, 3.63) is 40.4 Å². The molecule has 3 N–H and O–H groups in total. The van der Waals surface area contributed by atoms with E-state index >= 15 is 4.39 Å². The maximum Gasteiger partial charge on any atom is 0.319 e. The van der Waals surface area contributed by atoms with Gasteiger partial charge in [-0.05, 0) is 62.3 Å². The minimum Gasteiger partial charge on any atom is -0.461 e. The van der Waals surface area contributed by atoms with Gasteiger partial charge in [0, 0.05) is 66.9 Å². The normalized spacial score (nSPS) is 27.8. The summed E-state index contributed by atoms with van der Waals surface area (Å²) >= 11 is 7.83. The van der Waals surface area contributed by atoms with Crippen LogP contribution in [0, 0.1) is 34.3 Å². The van der Waals surface area contributed by atoms with E-state index in [2.05, 4.69) is 20.1 Å². The fourth-order valence-corrected chi connectivity index (χ4v) is 10.8. The summed E-state index contributed by atoms with van der Waals surface area (Å²) in [6.45, 7) is 3.85. The van der Waals surface area contributed by atoms with E-state index in [1.165, 1.54) is 25.0 Å². The third-order valence-electron chi connectivity index (χ3n) is 12.4. The van der Waals surface area contributed by atoms with Crippen LogP contribution >= 0.6 is 22.9 Å². The first-order valence-electron chi connectivity index (χ1n) is 18.0. The average molecular weight is 749 g/mol. The first kappa shape index (κ1) is 32.7. The van der Waals surface area contributed by atoms with Crippen molar-refractivity contribution >= 4 is 60.7 Å². The molecule has 15 heteroatoms. The topological polar surface area (TPSA) is 134 Å². The Morgan fingerprint density at radius 1 is 1.19 bits per heavy atom. The van der Waals surface area contributed by atoms with Crippen molar-refractivity contribution in [3.8, 4) is 23.2 Å². The van der Waals surface area contributed by atoms with Crippen LogP contribution in [0.5, 0.6) is 6.01 Å². The highest BCUT2D eigenvalue weighted by atomic mass is 35.5. The van der Waals surface area contributed by atoms with Crippen LogP contribution in [0.2, 0.25) is 5.02 Å². The lowest BCUT2D eigenvalue weighted by Crippen LogP contribution is -2.60. The van der Waals surface area contributed by atoms with E-state index in [0.717, 1.165) is 37.1 Å². The standard InChI is InChI=1S/C37H36ClF3N8O2S/c38-23-10-21-29(27(41)26(23)20-4-5-24(40)31-25(20)22(12-42)32(43)52-31)45-35(51-17-37-6-1-8-49(37)13-19(39)11-37)46-33(21)47-9-7-36(14-47)15-48(16-36)34(50)30-28(44-30)18-2-3-18/h4-5,10,18-19,28,30,44H,1-3,6-9,11,13-17,43H2/t19-,28+,30-,37+/m1/s1. The third kappa shape index (κ3) is 4.99. The number of nitriles is 1. The molecule has 10 rings (SSSR count). The molecular weight excluding hydrogens is 713 g/mol. The maximum atomic E-state index is 17.1. The summed E-state index contributed by atoms with van der Waals surface area (Å²) in [5.74, 6) is -0.0678. The molecule has 4 atom stereocenters. The summed E-state index contributed by atoms with van der Waals surface area (Å²) in [5.41, 5.74) is 5.71. The molecule has 7 heterocycles. The largest absolute Gasteiger partial charge is 0.461 e. The Hall–Kier alpha value is -3.90. The number of alkyl halides is 1. The molecule has 1 saturated carbocycles. The molecular formula is C37H36ClF3N8O2S. The van der Waals surface area contributed by atoms with Crippen molar-refractivity contribution in [1.29, 1.82) is 5.26 Å². The minimum atomic E-state index is -0.943. The Bertz CT molecular complexity index is 2240. The van der Waals surface area contributed by atoms with Gasteiger partial charge in [-0.25, -0.2) is 13.2 Å². The molecule has 2 aromatic carbocycles. The number of anilines is 2. The Morgan fingerprint density at radius 2 is 2.02 bits per heavy atom. The number of ether oxygens (including phenoxy) is 1. The van der Waals surface area contributed by atoms with Gasteiger partial charge in [-0.3, -0.25) is 15.0 Å². The smallest absolute Gasteiger partial charge is 0.319 e. The maximum absolute atomic E-state index is 17.1. The first-order chi connectivity index (χ1) is 25.1. The Kier molecular flexibility index (Phi) is 7.27. The van der Waals surface area contributed by atoms with Gasteiger partial charge >= 0.3 is 6.01 Å². The number of carbonyl (C=O) groups excluding carboxylic acids is 1. The molecule has 0 radical (unpaired) electrons. The van der Waals surface area contributed by atoms with Crippen molar-refractivity contribution in [1.82, 2.24) is 25.1 Å². The van der Waals surface area contributed by atoms with Gasteiger partial charge < -0.3 is 20.3 Å². The lowest BCUT2D eigenvalue weighted by Gasteiger charge is -2.48. The van der Waals surface area contributed by atoms with Crippen LogP contribution in [-0.2, 0) is 4.79 Å². The monoisotopic (exact) mass is 748 g/mol. The summed E-state index contributed by atoms with van der Waals surface area (Å²) in [5, 5.41) is 14.0. The number of nitrogen functional groups attached to an aromatic ring is 1. The highest BCUT2D eigenvalue weighted by Crippen LogP contribution is 2.49. The average Bonchev–Trinajstić information content (AvgIpc) is 3.95. The zero-order valence-electron chi connectivity index (χ0n) is 28.2. The number of fused-ring (bicyclic) bond motifs is 3. The number of benzene rings is 2. The Labute approximate surface area is 306 Å². The number of nitrogens with zero attached hydrogens (tertiary/aromatic N) is 6. The zero-order valence-corrected chi connectivity index (χ0v) is 29.8. The van der Waals surface area contributed by atoms with Gasteiger partial charge in [0.15, 0.2) is 5.82 Å².